The molecule has 5 nitrogen and oxygen atoms in total. The van der Waals surface area contributed by atoms with Gasteiger partial charge in [-0.15, -0.1) is 48.1 Å². The van der Waals surface area contributed by atoms with Crippen molar-refractivity contribution in [3.05, 3.63) is 213 Å². The molecule has 286 valence electrons. The van der Waals surface area contributed by atoms with Crippen LogP contribution >= 0.6 is 0 Å². The predicted octanol–water partition coefficient (Wildman–Crippen LogP) is 13.8. The fourth-order valence-electron chi connectivity index (χ4n) is 8.36. The Kier molecular flexibility index (Phi) is 9.31. The molecule has 3 heterocycles. The summed E-state index contributed by atoms with van der Waals surface area (Å²) < 4.78 is 8.79. The first-order chi connectivity index (χ1) is 28.7. The Bertz CT molecular complexity index is 3100. The van der Waals surface area contributed by atoms with Gasteiger partial charge < -0.3 is 19.1 Å². The van der Waals surface area contributed by atoms with Crippen LogP contribution in [-0.4, -0.2) is 9.55 Å². The van der Waals surface area contributed by atoms with Gasteiger partial charge in [0, 0.05) is 77.9 Å². The second-order valence-electron chi connectivity index (χ2n) is 14.6. The number of pyridine rings is 1. The molecule has 1 aliphatic heterocycles. The number of rotatable bonds is 7. The fourth-order valence-corrected chi connectivity index (χ4v) is 8.36. The maximum Gasteiger partial charge on any atom is 0.135 e. The molecule has 0 aliphatic carbocycles. The number of para-hydroxylation sites is 2. The fraction of sp³-hybridized carbons (Fsp3) is 0.0189. The molecular formula is C53H35N4OPt-3. The van der Waals surface area contributed by atoms with E-state index in [-0.39, 0.29) is 21.1 Å². The van der Waals surface area contributed by atoms with E-state index < -0.39 is 0 Å². The quantitative estimate of drug-likeness (QED) is 0.149. The Balaban J connectivity index is 0.00000420. The SMILES string of the molecule is Cc1ccnc(-n2c3[c-]c(Oc4[c-]c(N5[CH-]N(c6c(-c7ccccc7)cccc6-c6ccccc6)c6c5ccc5ccccc65)ccc4)ccc3c3ccccc32)c1.[Pt]. The second-order valence-corrected chi connectivity index (χ2v) is 14.6. The van der Waals surface area contributed by atoms with Crippen LogP contribution in [0.1, 0.15) is 5.56 Å². The van der Waals surface area contributed by atoms with E-state index in [9.17, 15) is 0 Å². The van der Waals surface area contributed by atoms with Crippen LogP contribution in [0.25, 0.3) is 60.6 Å². The zero-order valence-corrected chi connectivity index (χ0v) is 34.3. The number of anilines is 4. The Morgan fingerprint density at radius 3 is 1.98 bits per heavy atom. The van der Waals surface area contributed by atoms with Crippen molar-refractivity contribution in [2.24, 2.45) is 0 Å². The van der Waals surface area contributed by atoms with E-state index >= 15 is 0 Å². The molecule has 59 heavy (non-hydrogen) atoms. The molecule has 0 amide bonds. The number of hydrogen-bond acceptors (Lipinski definition) is 4. The van der Waals surface area contributed by atoms with Gasteiger partial charge >= 0.3 is 0 Å². The Labute approximate surface area is 357 Å². The van der Waals surface area contributed by atoms with Gasteiger partial charge in [0.1, 0.15) is 5.82 Å². The standard InChI is InChI=1S/C53H35N4O.Pt/c1-36-30-31-54-51(32-36)57-48-25-11-10-22-46(48)47-28-27-42(34-50(47)57)58-41-20-12-19-40(33-41)55-35-56(53-45-21-9-8-18-39(45)26-29-49(53)55)52-43(37-14-4-2-5-15-37)23-13-24-44(52)38-16-6-3-7-17-38;/h2-32,35H,1H3;/q-3;. The Morgan fingerprint density at radius 2 is 1.22 bits per heavy atom. The van der Waals surface area contributed by atoms with Crippen molar-refractivity contribution in [3.63, 3.8) is 0 Å². The summed E-state index contributed by atoms with van der Waals surface area (Å²) in [5.41, 5.74) is 11.8. The molecule has 1 aliphatic rings. The third kappa shape index (κ3) is 6.35. The molecule has 0 radical (unpaired) electrons. The molecule has 0 atom stereocenters. The minimum absolute atomic E-state index is 0. The summed E-state index contributed by atoms with van der Waals surface area (Å²) >= 11 is 0. The van der Waals surface area contributed by atoms with Gasteiger partial charge in [-0.25, -0.2) is 4.98 Å². The number of ether oxygens (including phenoxy) is 1. The smallest absolute Gasteiger partial charge is 0.135 e. The third-order valence-electron chi connectivity index (χ3n) is 11.0. The van der Waals surface area contributed by atoms with Crippen LogP contribution in [0.15, 0.2) is 188 Å². The van der Waals surface area contributed by atoms with Gasteiger partial charge in [0.25, 0.3) is 0 Å². The zero-order valence-electron chi connectivity index (χ0n) is 32.0. The average Bonchev–Trinajstić information content (AvgIpc) is 3.83. The minimum atomic E-state index is 0. The molecule has 0 spiro atoms. The van der Waals surface area contributed by atoms with Crippen molar-refractivity contribution in [1.82, 2.24) is 9.55 Å². The number of nitrogens with zero attached hydrogens (tertiary/aromatic N) is 4. The molecule has 8 aromatic carbocycles. The topological polar surface area (TPSA) is 33.5 Å². The maximum atomic E-state index is 6.62. The molecule has 0 saturated heterocycles. The summed E-state index contributed by atoms with van der Waals surface area (Å²) in [5, 5.41) is 4.56. The third-order valence-corrected chi connectivity index (χ3v) is 11.0. The van der Waals surface area contributed by atoms with Gasteiger partial charge in [-0.2, -0.15) is 12.1 Å². The van der Waals surface area contributed by atoms with Crippen LogP contribution in [-0.2, 0) is 21.1 Å². The number of fused-ring (bicyclic) bond motifs is 6. The van der Waals surface area contributed by atoms with Crippen molar-refractivity contribution < 1.29 is 25.8 Å². The van der Waals surface area contributed by atoms with Crippen LogP contribution in [0.5, 0.6) is 11.5 Å². The van der Waals surface area contributed by atoms with E-state index in [1.54, 1.807) is 0 Å². The summed E-state index contributed by atoms with van der Waals surface area (Å²) in [5.74, 6) is 2.03. The van der Waals surface area contributed by atoms with Crippen molar-refractivity contribution in [3.8, 4) is 39.6 Å². The van der Waals surface area contributed by atoms with E-state index in [0.717, 1.165) is 83.6 Å². The first-order valence-electron chi connectivity index (χ1n) is 19.5. The molecule has 0 saturated carbocycles. The molecular weight excluding hydrogens is 904 g/mol. The van der Waals surface area contributed by atoms with Gasteiger partial charge in [0.2, 0.25) is 0 Å². The van der Waals surface area contributed by atoms with E-state index in [1.807, 2.05) is 30.5 Å². The summed E-state index contributed by atoms with van der Waals surface area (Å²) in [4.78, 5) is 9.33. The average molecular weight is 939 g/mol. The van der Waals surface area contributed by atoms with Crippen LogP contribution in [0.3, 0.4) is 0 Å². The van der Waals surface area contributed by atoms with E-state index in [1.165, 1.54) is 5.39 Å². The normalized spacial score (nSPS) is 12.2. The summed E-state index contributed by atoms with van der Waals surface area (Å²) in [7, 11) is 0. The maximum absolute atomic E-state index is 6.62. The Hall–Kier alpha value is -6.94. The number of aryl methyl sites for hydroxylation is 1. The largest absolute Gasteiger partial charge is 0.509 e. The van der Waals surface area contributed by atoms with Crippen molar-refractivity contribution in [2.75, 3.05) is 9.80 Å². The number of hydrogen-bond donors (Lipinski definition) is 0. The summed E-state index contributed by atoms with van der Waals surface area (Å²) in [6.45, 7) is 4.29. The van der Waals surface area contributed by atoms with E-state index in [0.29, 0.717) is 11.5 Å². The predicted molar refractivity (Wildman–Crippen MR) is 237 cm³/mol. The number of benzene rings is 8. The molecule has 10 aromatic rings. The van der Waals surface area contributed by atoms with Gasteiger partial charge in [-0.05, 0) is 58.7 Å². The molecule has 11 rings (SSSR count). The molecule has 6 heteroatoms. The van der Waals surface area contributed by atoms with Crippen molar-refractivity contribution >= 4 is 55.3 Å². The van der Waals surface area contributed by atoms with E-state index in [4.69, 9.17) is 9.72 Å². The number of aromatic nitrogens is 2. The van der Waals surface area contributed by atoms with Gasteiger partial charge in [0.15, 0.2) is 0 Å². The Morgan fingerprint density at radius 1 is 0.542 bits per heavy atom. The summed E-state index contributed by atoms with van der Waals surface area (Å²) in [6, 6.07) is 70.8. The molecule has 0 unspecified atom stereocenters. The van der Waals surface area contributed by atoms with Crippen molar-refractivity contribution in [2.45, 2.75) is 6.92 Å². The van der Waals surface area contributed by atoms with Crippen LogP contribution in [0.4, 0.5) is 22.7 Å². The van der Waals surface area contributed by atoms with Crippen LogP contribution in [0.2, 0.25) is 0 Å². The van der Waals surface area contributed by atoms with Gasteiger partial charge in [-0.1, -0.05) is 133 Å². The van der Waals surface area contributed by atoms with Crippen LogP contribution < -0.4 is 14.5 Å². The monoisotopic (exact) mass is 938 g/mol. The van der Waals surface area contributed by atoms with Gasteiger partial charge in [0.05, 0.1) is 0 Å². The van der Waals surface area contributed by atoms with E-state index in [2.05, 4.69) is 198 Å². The summed E-state index contributed by atoms with van der Waals surface area (Å²) in [6.07, 6.45) is 1.85. The second kappa shape index (κ2) is 15.1. The molecule has 0 fully saturated rings. The van der Waals surface area contributed by atoms with Crippen LogP contribution in [0, 0.1) is 25.7 Å². The molecule has 0 N–H and O–H groups in total. The first-order valence-corrected chi connectivity index (χ1v) is 19.5. The van der Waals surface area contributed by atoms with Crippen molar-refractivity contribution in [1.29, 1.82) is 0 Å². The first kappa shape index (κ1) is 36.4. The molecule has 2 aromatic heterocycles. The van der Waals surface area contributed by atoms with Gasteiger partial charge in [-0.3, -0.25) is 0 Å². The minimum Gasteiger partial charge on any atom is -0.509 e. The molecule has 0 bridgehead atoms. The zero-order chi connectivity index (χ0) is 38.6.